The molecule has 2 rings (SSSR count). The number of hydrogen-bond donors (Lipinski definition) is 1. The van der Waals surface area contributed by atoms with Crippen LogP contribution in [0.2, 0.25) is 10.0 Å². The van der Waals surface area contributed by atoms with Gasteiger partial charge < -0.3 is 5.11 Å². The molecule has 2 aromatic rings. The number of pyridine rings is 1. The van der Waals surface area contributed by atoms with Crippen molar-refractivity contribution in [3.8, 4) is 11.4 Å². The van der Waals surface area contributed by atoms with Crippen molar-refractivity contribution in [2.24, 2.45) is 0 Å². The molecule has 0 saturated carbocycles. The van der Waals surface area contributed by atoms with E-state index in [4.69, 9.17) is 23.2 Å². The lowest BCUT2D eigenvalue weighted by Gasteiger charge is -2.10. The maximum absolute atomic E-state index is 11.8. The summed E-state index contributed by atoms with van der Waals surface area (Å²) < 4.78 is 1.43. The van der Waals surface area contributed by atoms with Gasteiger partial charge in [0.05, 0.1) is 5.69 Å². The van der Waals surface area contributed by atoms with E-state index < -0.39 is 0 Å². The van der Waals surface area contributed by atoms with Crippen molar-refractivity contribution >= 4 is 23.2 Å². The van der Waals surface area contributed by atoms with Gasteiger partial charge in [0.15, 0.2) is 0 Å². The molecule has 0 atom stereocenters. The number of halogens is 2. The Labute approximate surface area is 108 Å². The lowest BCUT2D eigenvalue weighted by Crippen LogP contribution is -2.19. The fraction of sp³-hybridized carbons (Fsp3) is 0.0833. The summed E-state index contributed by atoms with van der Waals surface area (Å²) in [5.74, 6) is -0.0584. The minimum atomic E-state index is -0.333. The highest BCUT2D eigenvalue weighted by atomic mass is 35.5. The van der Waals surface area contributed by atoms with E-state index in [2.05, 4.69) is 0 Å². The molecule has 0 unspecified atom stereocenters. The highest BCUT2D eigenvalue weighted by molar-refractivity contribution is 6.34. The molecule has 0 spiro atoms. The molecule has 1 aromatic heterocycles. The van der Waals surface area contributed by atoms with E-state index in [1.807, 2.05) is 0 Å². The quantitative estimate of drug-likeness (QED) is 0.864. The zero-order chi connectivity index (χ0) is 12.6. The van der Waals surface area contributed by atoms with Crippen molar-refractivity contribution in [2.75, 3.05) is 0 Å². The average molecular weight is 270 g/mol. The number of nitrogens with zero attached hydrogens (tertiary/aromatic N) is 1. The first-order valence-corrected chi connectivity index (χ1v) is 5.62. The predicted molar refractivity (Wildman–Crippen MR) is 68.5 cm³/mol. The minimum absolute atomic E-state index is 0.0584. The van der Waals surface area contributed by atoms with Gasteiger partial charge >= 0.3 is 0 Å². The van der Waals surface area contributed by atoms with Crippen LogP contribution in [0, 0.1) is 6.92 Å². The van der Waals surface area contributed by atoms with Crippen LogP contribution in [-0.2, 0) is 0 Å². The van der Waals surface area contributed by atoms with Crippen LogP contribution in [-0.4, -0.2) is 9.67 Å². The lowest BCUT2D eigenvalue weighted by atomic mass is 10.2. The fourth-order valence-electron chi connectivity index (χ4n) is 1.68. The Balaban J connectivity index is 2.72. The summed E-state index contributed by atoms with van der Waals surface area (Å²) in [6.45, 7) is 1.72. The van der Waals surface area contributed by atoms with Crippen molar-refractivity contribution in [1.82, 2.24) is 4.57 Å². The van der Waals surface area contributed by atoms with Crippen molar-refractivity contribution < 1.29 is 5.11 Å². The van der Waals surface area contributed by atoms with E-state index in [1.54, 1.807) is 25.1 Å². The first-order valence-electron chi connectivity index (χ1n) is 4.86. The Hall–Kier alpha value is -1.45. The van der Waals surface area contributed by atoms with Crippen LogP contribution in [0.1, 0.15) is 5.69 Å². The van der Waals surface area contributed by atoms with Gasteiger partial charge in [-0.15, -0.1) is 0 Å². The molecule has 0 fully saturated rings. The van der Waals surface area contributed by atoms with Gasteiger partial charge in [-0.2, -0.15) is 0 Å². The van der Waals surface area contributed by atoms with Crippen molar-refractivity contribution in [3.05, 3.63) is 56.4 Å². The lowest BCUT2D eigenvalue weighted by molar-refractivity contribution is 0.472. The molecule has 0 saturated heterocycles. The monoisotopic (exact) mass is 269 g/mol. The first-order chi connectivity index (χ1) is 7.97. The molecule has 0 aliphatic carbocycles. The molecule has 5 heteroatoms. The summed E-state index contributed by atoms with van der Waals surface area (Å²) in [4.78, 5) is 11.8. The Morgan fingerprint density at radius 3 is 2.18 bits per heavy atom. The third-order valence-corrected chi connectivity index (χ3v) is 2.74. The number of aromatic nitrogens is 1. The third-order valence-electron chi connectivity index (χ3n) is 2.31. The van der Waals surface area contributed by atoms with E-state index in [1.165, 1.54) is 10.6 Å². The van der Waals surface area contributed by atoms with E-state index >= 15 is 0 Å². The van der Waals surface area contributed by atoms with E-state index in [0.717, 1.165) is 6.07 Å². The van der Waals surface area contributed by atoms with Gasteiger partial charge in [-0.1, -0.05) is 23.2 Å². The van der Waals surface area contributed by atoms with Crippen LogP contribution >= 0.6 is 23.2 Å². The van der Waals surface area contributed by atoms with Crippen LogP contribution in [0.3, 0.4) is 0 Å². The van der Waals surface area contributed by atoms with E-state index in [9.17, 15) is 9.90 Å². The molecule has 0 radical (unpaired) electrons. The predicted octanol–water partition coefficient (Wildman–Crippen LogP) is 3.16. The molecule has 88 valence electrons. The highest BCUT2D eigenvalue weighted by Gasteiger charge is 2.07. The summed E-state index contributed by atoms with van der Waals surface area (Å²) in [5.41, 5.74) is 0.846. The van der Waals surface area contributed by atoms with Crippen LogP contribution in [0.5, 0.6) is 5.75 Å². The molecule has 1 heterocycles. The molecule has 0 aliphatic heterocycles. The highest BCUT2D eigenvalue weighted by Crippen LogP contribution is 2.22. The SMILES string of the molecule is Cc1cc(O)cc(=O)n1-c1cc(Cl)cc(Cl)c1. The topological polar surface area (TPSA) is 42.2 Å². The van der Waals surface area contributed by atoms with Gasteiger partial charge in [-0.25, -0.2) is 0 Å². The molecule has 0 bridgehead atoms. The number of rotatable bonds is 1. The molecular formula is C12H9Cl2NO2. The molecule has 1 N–H and O–H groups in total. The van der Waals surface area contributed by atoms with Crippen molar-refractivity contribution in [2.45, 2.75) is 6.92 Å². The van der Waals surface area contributed by atoms with E-state index in [-0.39, 0.29) is 11.3 Å². The average Bonchev–Trinajstić information content (AvgIpc) is 2.13. The molecule has 0 amide bonds. The molecule has 3 nitrogen and oxygen atoms in total. The fourth-order valence-corrected chi connectivity index (χ4v) is 2.20. The number of aromatic hydroxyl groups is 1. The summed E-state index contributed by atoms with van der Waals surface area (Å²) in [5, 5.41) is 10.2. The second-order valence-electron chi connectivity index (χ2n) is 3.66. The normalized spacial score (nSPS) is 10.5. The molecule has 0 aliphatic rings. The van der Waals surface area contributed by atoms with Gasteiger partial charge in [-0.05, 0) is 31.2 Å². The second-order valence-corrected chi connectivity index (χ2v) is 4.53. The maximum atomic E-state index is 11.8. The zero-order valence-electron chi connectivity index (χ0n) is 8.95. The Kier molecular flexibility index (Phi) is 3.13. The smallest absolute Gasteiger partial charge is 0.258 e. The maximum Gasteiger partial charge on any atom is 0.258 e. The Bertz CT molecular complexity index is 615. The van der Waals surface area contributed by atoms with Crippen LogP contribution in [0.15, 0.2) is 35.1 Å². The van der Waals surface area contributed by atoms with E-state index in [0.29, 0.717) is 21.4 Å². The number of benzene rings is 1. The Morgan fingerprint density at radius 1 is 1.06 bits per heavy atom. The third kappa shape index (κ3) is 2.46. The first kappa shape index (κ1) is 12.0. The van der Waals surface area contributed by atoms with Gasteiger partial charge in [0.2, 0.25) is 0 Å². The van der Waals surface area contributed by atoms with Crippen LogP contribution in [0.25, 0.3) is 5.69 Å². The number of hydrogen-bond acceptors (Lipinski definition) is 2. The largest absolute Gasteiger partial charge is 0.508 e. The summed E-state index contributed by atoms with van der Waals surface area (Å²) in [7, 11) is 0. The minimum Gasteiger partial charge on any atom is -0.508 e. The van der Waals surface area contributed by atoms with Gasteiger partial charge in [0.1, 0.15) is 5.75 Å². The Morgan fingerprint density at radius 2 is 1.65 bits per heavy atom. The van der Waals surface area contributed by atoms with Crippen molar-refractivity contribution in [1.29, 1.82) is 0 Å². The summed E-state index contributed by atoms with van der Waals surface area (Å²) in [6.07, 6.45) is 0. The van der Waals surface area contributed by atoms with Crippen LogP contribution in [0.4, 0.5) is 0 Å². The summed E-state index contributed by atoms with van der Waals surface area (Å²) >= 11 is 11.8. The van der Waals surface area contributed by atoms with Gasteiger partial charge in [0, 0.05) is 21.8 Å². The van der Waals surface area contributed by atoms with Gasteiger partial charge in [-0.3, -0.25) is 9.36 Å². The van der Waals surface area contributed by atoms with Gasteiger partial charge in [0.25, 0.3) is 5.56 Å². The second kappa shape index (κ2) is 4.43. The molecule has 1 aromatic carbocycles. The van der Waals surface area contributed by atoms with Crippen LogP contribution < -0.4 is 5.56 Å². The van der Waals surface area contributed by atoms with Crippen molar-refractivity contribution in [3.63, 3.8) is 0 Å². The summed E-state index contributed by atoms with van der Waals surface area (Å²) in [6, 6.07) is 7.50. The molecular weight excluding hydrogens is 261 g/mol. The number of aryl methyl sites for hydroxylation is 1. The molecule has 17 heavy (non-hydrogen) atoms. The standard InChI is InChI=1S/C12H9Cl2NO2/c1-7-2-11(16)6-12(17)15(7)10-4-8(13)3-9(14)5-10/h2-6,16H,1H3. The zero-order valence-corrected chi connectivity index (χ0v) is 10.5.